The highest BCUT2D eigenvalue weighted by molar-refractivity contribution is 7.84. The van der Waals surface area contributed by atoms with Crippen molar-refractivity contribution >= 4 is 28.0 Å². The first kappa shape index (κ1) is 15.4. The second-order valence-electron chi connectivity index (χ2n) is 5.29. The van der Waals surface area contributed by atoms with Gasteiger partial charge in [0.1, 0.15) is 11.6 Å². The molecule has 2 aromatic rings. The van der Waals surface area contributed by atoms with Gasteiger partial charge < -0.3 is 4.90 Å². The first-order chi connectivity index (χ1) is 10.6. The van der Waals surface area contributed by atoms with E-state index in [1.807, 2.05) is 5.38 Å². The van der Waals surface area contributed by atoms with Crippen molar-refractivity contribution in [2.45, 2.75) is 18.7 Å². The van der Waals surface area contributed by atoms with Gasteiger partial charge in [-0.2, -0.15) is 0 Å². The summed E-state index contributed by atoms with van der Waals surface area (Å²) < 4.78 is 25.0. The Kier molecular flexibility index (Phi) is 4.69. The van der Waals surface area contributed by atoms with Gasteiger partial charge in [0.15, 0.2) is 0 Å². The van der Waals surface area contributed by atoms with E-state index in [2.05, 4.69) is 6.07 Å². The number of halogens is 1. The minimum absolute atomic E-state index is 0.0246. The Morgan fingerprint density at radius 1 is 1.27 bits per heavy atom. The SMILES string of the molecule is O=C(C[S@@](=O)Cc1ccc(F)cc1)N1CCc2sccc2C1. The maximum absolute atomic E-state index is 12.8. The minimum atomic E-state index is -1.27. The van der Waals surface area contributed by atoms with Crippen molar-refractivity contribution in [2.24, 2.45) is 0 Å². The topological polar surface area (TPSA) is 37.4 Å². The van der Waals surface area contributed by atoms with Crippen LogP contribution in [-0.2, 0) is 34.3 Å². The van der Waals surface area contributed by atoms with Crippen LogP contribution in [0.25, 0.3) is 0 Å². The lowest BCUT2D eigenvalue weighted by Gasteiger charge is -2.26. The molecule has 0 bridgehead atoms. The Labute approximate surface area is 135 Å². The molecule has 0 saturated carbocycles. The monoisotopic (exact) mass is 337 g/mol. The summed E-state index contributed by atoms with van der Waals surface area (Å²) in [6.45, 7) is 1.31. The van der Waals surface area contributed by atoms with Crippen molar-refractivity contribution in [3.8, 4) is 0 Å². The van der Waals surface area contributed by atoms with Crippen LogP contribution in [-0.4, -0.2) is 27.3 Å². The predicted octanol–water partition coefficient (Wildman–Crippen LogP) is 2.72. The molecule has 1 aromatic carbocycles. The van der Waals surface area contributed by atoms with Crippen LogP contribution in [0.1, 0.15) is 16.0 Å². The number of benzene rings is 1. The van der Waals surface area contributed by atoms with E-state index in [4.69, 9.17) is 0 Å². The lowest BCUT2D eigenvalue weighted by Crippen LogP contribution is -2.38. The van der Waals surface area contributed by atoms with Crippen LogP contribution in [0.4, 0.5) is 4.39 Å². The molecule has 0 saturated heterocycles. The Morgan fingerprint density at radius 2 is 2.05 bits per heavy atom. The van der Waals surface area contributed by atoms with Crippen molar-refractivity contribution < 1.29 is 13.4 Å². The molecular weight excluding hydrogens is 321 g/mol. The molecule has 2 heterocycles. The van der Waals surface area contributed by atoms with Gasteiger partial charge in [0.25, 0.3) is 0 Å². The highest BCUT2D eigenvalue weighted by Gasteiger charge is 2.22. The predicted molar refractivity (Wildman–Crippen MR) is 86.6 cm³/mol. The van der Waals surface area contributed by atoms with Crippen molar-refractivity contribution in [3.63, 3.8) is 0 Å². The maximum Gasteiger partial charge on any atom is 0.235 e. The molecule has 22 heavy (non-hydrogen) atoms. The molecule has 1 atom stereocenters. The van der Waals surface area contributed by atoms with E-state index in [0.717, 1.165) is 12.0 Å². The van der Waals surface area contributed by atoms with Crippen molar-refractivity contribution in [1.29, 1.82) is 0 Å². The van der Waals surface area contributed by atoms with Crippen LogP contribution >= 0.6 is 11.3 Å². The molecule has 0 aliphatic carbocycles. The van der Waals surface area contributed by atoms with Gasteiger partial charge in [-0.05, 0) is 41.1 Å². The summed E-state index contributed by atoms with van der Waals surface area (Å²) in [7, 11) is -1.27. The summed E-state index contributed by atoms with van der Waals surface area (Å²) in [6, 6.07) is 7.95. The molecule has 1 aliphatic heterocycles. The zero-order valence-corrected chi connectivity index (χ0v) is 13.6. The van der Waals surface area contributed by atoms with Crippen LogP contribution in [0.2, 0.25) is 0 Å². The quantitative estimate of drug-likeness (QED) is 0.860. The lowest BCUT2D eigenvalue weighted by molar-refractivity contribution is -0.129. The summed E-state index contributed by atoms with van der Waals surface area (Å²) in [6.07, 6.45) is 0.878. The van der Waals surface area contributed by atoms with Gasteiger partial charge >= 0.3 is 0 Å². The fourth-order valence-electron chi connectivity index (χ4n) is 2.51. The maximum atomic E-state index is 12.8. The van der Waals surface area contributed by atoms with E-state index in [0.29, 0.717) is 13.1 Å². The number of hydrogen-bond acceptors (Lipinski definition) is 3. The number of amides is 1. The van der Waals surface area contributed by atoms with E-state index in [9.17, 15) is 13.4 Å². The average Bonchev–Trinajstić information content (AvgIpc) is 2.97. The van der Waals surface area contributed by atoms with E-state index in [1.165, 1.54) is 22.6 Å². The Balaban J connectivity index is 1.55. The lowest BCUT2D eigenvalue weighted by atomic mass is 10.1. The van der Waals surface area contributed by atoms with Gasteiger partial charge in [-0.25, -0.2) is 4.39 Å². The van der Waals surface area contributed by atoms with Crippen molar-refractivity contribution in [2.75, 3.05) is 12.3 Å². The Hall–Kier alpha value is -1.53. The summed E-state index contributed by atoms with van der Waals surface area (Å²) in [4.78, 5) is 15.4. The Morgan fingerprint density at radius 3 is 2.82 bits per heavy atom. The molecule has 0 unspecified atom stereocenters. The normalized spacial score (nSPS) is 15.4. The number of rotatable bonds is 4. The summed E-state index contributed by atoms with van der Waals surface area (Å²) in [5.41, 5.74) is 1.99. The standard InChI is InChI=1S/C16H16FNO2S2/c17-14-3-1-12(2-4-14)10-22(20)11-16(19)18-7-5-15-13(9-18)6-8-21-15/h1-4,6,8H,5,7,9-11H2/t22-/m0/s1. The number of nitrogens with zero attached hydrogens (tertiary/aromatic N) is 1. The zero-order chi connectivity index (χ0) is 15.5. The molecule has 116 valence electrons. The third kappa shape index (κ3) is 3.62. The second kappa shape index (κ2) is 6.71. The number of thiophene rings is 1. The van der Waals surface area contributed by atoms with Crippen LogP contribution in [0.15, 0.2) is 35.7 Å². The first-order valence-corrected chi connectivity index (χ1v) is 9.41. The van der Waals surface area contributed by atoms with Crippen LogP contribution in [0, 0.1) is 5.82 Å². The second-order valence-corrected chi connectivity index (χ2v) is 7.75. The molecule has 3 rings (SSSR count). The smallest absolute Gasteiger partial charge is 0.235 e. The molecule has 1 amide bonds. The number of fused-ring (bicyclic) bond motifs is 1. The molecule has 1 aromatic heterocycles. The zero-order valence-electron chi connectivity index (χ0n) is 12.0. The Bertz CT molecular complexity index is 696. The van der Waals surface area contributed by atoms with E-state index < -0.39 is 10.8 Å². The van der Waals surface area contributed by atoms with Gasteiger partial charge in [-0.1, -0.05) is 12.1 Å². The fraction of sp³-hybridized carbons (Fsp3) is 0.312. The highest BCUT2D eigenvalue weighted by atomic mass is 32.2. The van der Waals surface area contributed by atoms with E-state index >= 15 is 0 Å². The van der Waals surface area contributed by atoms with Crippen LogP contribution in [0.5, 0.6) is 0 Å². The van der Waals surface area contributed by atoms with Gasteiger partial charge in [0.05, 0.1) is 0 Å². The third-order valence-corrected chi connectivity index (χ3v) is 5.93. The van der Waals surface area contributed by atoms with Crippen LogP contribution in [0.3, 0.4) is 0 Å². The summed E-state index contributed by atoms with van der Waals surface area (Å²) >= 11 is 1.73. The summed E-state index contributed by atoms with van der Waals surface area (Å²) in [5, 5.41) is 2.05. The van der Waals surface area contributed by atoms with Gasteiger partial charge in [-0.3, -0.25) is 9.00 Å². The largest absolute Gasteiger partial charge is 0.337 e. The molecule has 0 fully saturated rings. The minimum Gasteiger partial charge on any atom is -0.337 e. The fourth-order valence-corrected chi connectivity index (χ4v) is 4.52. The molecule has 3 nitrogen and oxygen atoms in total. The molecule has 0 N–H and O–H groups in total. The van der Waals surface area contributed by atoms with Gasteiger partial charge in [-0.15, -0.1) is 11.3 Å². The highest BCUT2D eigenvalue weighted by Crippen LogP contribution is 2.24. The van der Waals surface area contributed by atoms with E-state index in [-0.39, 0.29) is 23.2 Å². The number of carbonyl (C=O) groups excluding carboxylic acids is 1. The third-order valence-electron chi connectivity index (χ3n) is 3.69. The van der Waals surface area contributed by atoms with Crippen LogP contribution < -0.4 is 0 Å². The summed E-state index contributed by atoms with van der Waals surface area (Å²) in [5.74, 6) is -0.0803. The van der Waals surface area contributed by atoms with Gasteiger partial charge in [0.2, 0.25) is 5.91 Å². The first-order valence-electron chi connectivity index (χ1n) is 7.04. The van der Waals surface area contributed by atoms with Crippen molar-refractivity contribution in [3.05, 3.63) is 57.5 Å². The van der Waals surface area contributed by atoms with E-state index in [1.54, 1.807) is 28.4 Å². The number of carbonyl (C=O) groups is 1. The molecule has 0 spiro atoms. The van der Waals surface area contributed by atoms with Gasteiger partial charge in [0, 0.05) is 34.5 Å². The molecule has 0 radical (unpaired) electrons. The molecule has 6 heteroatoms. The molecular formula is C16H16FNO2S2. The van der Waals surface area contributed by atoms with Crippen molar-refractivity contribution in [1.82, 2.24) is 4.90 Å². The molecule has 1 aliphatic rings. The number of hydrogen-bond donors (Lipinski definition) is 0. The average molecular weight is 337 g/mol.